The van der Waals surface area contributed by atoms with Crippen molar-refractivity contribution in [1.82, 2.24) is 5.32 Å². The average molecular weight is 186 g/mol. The molecule has 1 aliphatic heterocycles. The molecule has 72 valence electrons. The molecule has 1 unspecified atom stereocenters. The minimum Gasteiger partial charge on any atom is -0.308 e. The average Bonchev–Trinajstić information content (AvgIpc) is 2.67. The third kappa shape index (κ3) is 1.51. The normalized spacial score (nSPS) is 26.0. The van der Waals surface area contributed by atoms with Crippen LogP contribution in [0.1, 0.15) is 30.9 Å². The summed E-state index contributed by atoms with van der Waals surface area (Å²) in [6, 6.07) is 10.0. The second-order valence-electron chi connectivity index (χ2n) is 4.05. The van der Waals surface area contributed by atoms with Gasteiger partial charge in [0.05, 0.1) is 11.6 Å². The lowest BCUT2D eigenvalue weighted by molar-refractivity contribution is 0.435. The Hall–Kier alpha value is -1.33. The van der Waals surface area contributed by atoms with Gasteiger partial charge in [-0.1, -0.05) is 12.1 Å². The zero-order chi connectivity index (χ0) is 10.0. The predicted molar refractivity (Wildman–Crippen MR) is 55.7 cm³/mol. The molecular formula is C12H14N2. The van der Waals surface area contributed by atoms with E-state index in [0.717, 1.165) is 12.1 Å². The van der Waals surface area contributed by atoms with Crippen LogP contribution < -0.4 is 5.32 Å². The second kappa shape index (κ2) is 3.43. The molecule has 0 bridgehead atoms. The summed E-state index contributed by atoms with van der Waals surface area (Å²) >= 11 is 0. The minimum absolute atomic E-state index is 0.119. The summed E-state index contributed by atoms with van der Waals surface area (Å²) in [7, 11) is 0. The second-order valence-corrected chi connectivity index (χ2v) is 4.05. The first-order valence-electron chi connectivity index (χ1n) is 5.00. The Morgan fingerprint density at radius 3 is 2.57 bits per heavy atom. The number of nitrogens with one attached hydrogen (secondary N) is 1. The van der Waals surface area contributed by atoms with Gasteiger partial charge in [0.25, 0.3) is 0 Å². The molecule has 1 fully saturated rings. The lowest BCUT2D eigenvalue weighted by atomic mass is 9.90. The van der Waals surface area contributed by atoms with E-state index in [4.69, 9.17) is 5.26 Å². The molecule has 1 heterocycles. The summed E-state index contributed by atoms with van der Waals surface area (Å²) in [5, 5.41) is 12.2. The topological polar surface area (TPSA) is 35.8 Å². The van der Waals surface area contributed by atoms with E-state index in [9.17, 15) is 0 Å². The molecule has 2 rings (SSSR count). The van der Waals surface area contributed by atoms with Crippen LogP contribution in [0.15, 0.2) is 24.3 Å². The molecule has 14 heavy (non-hydrogen) atoms. The molecule has 1 saturated heterocycles. The van der Waals surface area contributed by atoms with E-state index in [2.05, 4.69) is 30.4 Å². The fourth-order valence-electron chi connectivity index (χ4n) is 2.05. The summed E-state index contributed by atoms with van der Waals surface area (Å²) < 4.78 is 0. The quantitative estimate of drug-likeness (QED) is 0.729. The lowest BCUT2D eigenvalue weighted by Crippen LogP contribution is -2.32. The van der Waals surface area contributed by atoms with Crippen molar-refractivity contribution < 1.29 is 0 Å². The minimum atomic E-state index is 0.119. The van der Waals surface area contributed by atoms with E-state index in [1.54, 1.807) is 0 Å². The Balaban J connectivity index is 2.29. The van der Waals surface area contributed by atoms with E-state index < -0.39 is 0 Å². The number of hydrogen-bond acceptors (Lipinski definition) is 2. The molecule has 0 saturated carbocycles. The van der Waals surface area contributed by atoms with Crippen LogP contribution in [0.25, 0.3) is 0 Å². The highest BCUT2D eigenvalue weighted by Crippen LogP contribution is 2.29. The van der Waals surface area contributed by atoms with Crippen LogP contribution in [0.3, 0.4) is 0 Å². The van der Waals surface area contributed by atoms with Crippen molar-refractivity contribution in [2.75, 3.05) is 6.54 Å². The van der Waals surface area contributed by atoms with Crippen LogP contribution in [0.4, 0.5) is 0 Å². The van der Waals surface area contributed by atoms with E-state index in [-0.39, 0.29) is 5.54 Å². The summed E-state index contributed by atoms with van der Waals surface area (Å²) in [5.74, 6) is 0. The molecule has 0 radical (unpaired) electrons. The van der Waals surface area contributed by atoms with E-state index in [1.165, 1.54) is 18.4 Å². The van der Waals surface area contributed by atoms with Crippen molar-refractivity contribution in [2.24, 2.45) is 0 Å². The van der Waals surface area contributed by atoms with Crippen LogP contribution in [-0.4, -0.2) is 6.54 Å². The van der Waals surface area contributed by atoms with Gasteiger partial charge in [0.2, 0.25) is 0 Å². The molecule has 1 N–H and O–H groups in total. The molecule has 0 aliphatic carbocycles. The number of hydrogen-bond donors (Lipinski definition) is 1. The maximum Gasteiger partial charge on any atom is 0.0991 e. The molecule has 2 nitrogen and oxygen atoms in total. The molecule has 1 aliphatic rings. The van der Waals surface area contributed by atoms with Gasteiger partial charge in [-0.15, -0.1) is 0 Å². The highest BCUT2D eigenvalue weighted by molar-refractivity contribution is 5.34. The van der Waals surface area contributed by atoms with E-state index >= 15 is 0 Å². The Bertz CT molecular complexity index is 353. The molecule has 0 spiro atoms. The van der Waals surface area contributed by atoms with Crippen molar-refractivity contribution in [3.63, 3.8) is 0 Å². The van der Waals surface area contributed by atoms with Crippen molar-refractivity contribution in [3.05, 3.63) is 35.4 Å². The van der Waals surface area contributed by atoms with Crippen LogP contribution in [-0.2, 0) is 5.54 Å². The van der Waals surface area contributed by atoms with Crippen molar-refractivity contribution in [3.8, 4) is 6.07 Å². The molecule has 0 amide bonds. The smallest absolute Gasteiger partial charge is 0.0991 e. The monoisotopic (exact) mass is 186 g/mol. The number of nitrogens with zero attached hydrogens (tertiary/aromatic N) is 1. The van der Waals surface area contributed by atoms with Crippen molar-refractivity contribution in [2.45, 2.75) is 25.3 Å². The van der Waals surface area contributed by atoms with E-state index in [1.807, 2.05) is 12.1 Å². The Kier molecular flexibility index (Phi) is 2.26. The van der Waals surface area contributed by atoms with Crippen LogP contribution >= 0.6 is 0 Å². The standard InChI is InChI=1S/C12H14N2/c1-12(7-2-8-14-12)11-5-3-10(9-13)4-6-11/h3-6,14H,2,7-8H2,1H3. The van der Waals surface area contributed by atoms with Gasteiger partial charge in [0, 0.05) is 5.54 Å². The highest BCUT2D eigenvalue weighted by Gasteiger charge is 2.29. The maximum atomic E-state index is 8.69. The Labute approximate surface area is 84.6 Å². The molecule has 1 aromatic rings. The van der Waals surface area contributed by atoms with Gasteiger partial charge < -0.3 is 5.32 Å². The number of benzene rings is 1. The summed E-state index contributed by atoms with van der Waals surface area (Å²) in [6.45, 7) is 3.32. The Morgan fingerprint density at radius 1 is 1.36 bits per heavy atom. The van der Waals surface area contributed by atoms with Gasteiger partial charge >= 0.3 is 0 Å². The summed E-state index contributed by atoms with van der Waals surface area (Å²) in [5.41, 5.74) is 2.14. The lowest BCUT2D eigenvalue weighted by Gasteiger charge is -2.24. The van der Waals surface area contributed by atoms with Crippen molar-refractivity contribution >= 4 is 0 Å². The summed E-state index contributed by atoms with van der Waals surface area (Å²) in [4.78, 5) is 0. The molecule has 2 heteroatoms. The molecule has 1 aromatic carbocycles. The van der Waals surface area contributed by atoms with Gasteiger partial charge in [0.15, 0.2) is 0 Å². The van der Waals surface area contributed by atoms with Gasteiger partial charge in [-0.25, -0.2) is 0 Å². The summed E-state index contributed by atoms with van der Waals surface area (Å²) in [6.07, 6.45) is 2.41. The fraction of sp³-hybridized carbons (Fsp3) is 0.417. The van der Waals surface area contributed by atoms with Crippen molar-refractivity contribution in [1.29, 1.82) is 5.26 Å². The van der Waals surface area contributed by atoms with Gasteiger partial charge in [0.1, 0.15) is 0 Å². The molecular weight excluding hydrogens is 172 g/mol. The number of rotatable bonds is 1. The first kappa shape index (κ1) is 9.23. The van der Waals surface area contributed by atoms with Crippen LogP contribution in [0.2, 0.25) is 0 Å². The maximum absolute atomic E-state index is 8.69. The van der Waals surface area contributed by atoms with Gasteiger partial charge in [-0.05, 0) is 44.0 Å². The Morgan fingerprint density at radius 2 is 2.07 bits per heavy atom. The zero-order valence-electron chi connectivity index (χ0n) is 8.38. The highest BCUT2D eigenvalue weighted by atomic mass is 15.0. The van der Waals surface area contributed by atoms with Crippen LogP contribution in [0, 0.1) is 11.3 Å². The van der Waals surface area contributed by atoms with Crippen LogP contribution in [0.5, 0.6) is 0 Å². The van der Waals surface area contributed by atoms with Gasteiger partial charge in [-0.3, -0.25) is 0 Å². The largest absolute Gasteiger partial charge is 0.308 e. The first-order valence-corrected chi connectivity index (χ1v) is 5.00. The third-order valence-corrected chi connectivity index (χ3v) is 3.02. The number of nitriles is 1. The zero-order valence-corrected chi connectivity index (χ0v) is 8.38. The SMILES string of the molecule is CC1(c2ccc(C#N)cc2)CCCN1. The predicted octanol–water partition coefficient (Wildman–Crippen LogP) is 2.16. The third-order valence-electron chi connectivity index (χ3n) is 3.02. The van der Waals surface area contributed by atoms with Gasteiger partial charge in [-0.2, -0.15) is 5.26 Å². The fourth-order valence-corrected chi connectivity index (χ4v) is 2.05. The van der Waals surface area contributed by atoms with E-state index in [0.29, 0.717) is 0 Å². The molecule has 1 atom stereocenters. The molecule has 0 aromatic heterocycles. The first-order chi connectivity index (χ1) is 6.74.